The molecular weight excluding hydrogens is 605 g/mol. The Balaban J connectivity index is 1.49. The lowest BCUT2D eigenvalue weighted by Crippen LogP contribution is -2.52. The van der Waals surface area contributed by atoms with Gasteiger partial charge in [0.2, 0.25) is 0 Å². The number of alkyl halides is 3. The summed E-state index contributed by atoms with van der Waals surface area (Å²) in [4.78, 5) is 4.44. The Hall–Kier alpha value is -5.27. The van der Waals surface area contributed by atoms with Gasteiger partial charge in [-0.1, -0.05) is 39.0 Å². The predicted molar refractivity (Wildman–Crippen MR) is 173 cm³/mol. The van der Waals surface area contributed by atoms with Crippen molar-refractivity contribution in [3.8, 4) is 23.3 Å². The number of halogens is 3. The third-order valence-electron chi connectivity index (χ3n) is 8.63. The van der Waals surface area contributed by atoms with E-state index in [1.54, 1.807) is 16.9 Å². The van der Waals surface area contributed by atoms with Crippen LogP contribution in [-0.4, -0.2) is 38.0 Å². The number of benzene rings is 2. The minimum absolute atomic E-state index is 0.0165. The zero-order valence-corrected chi connectivity index (χ0v) is 26.7. The molecule has 0 saturated heterocycles. The van der Waals surface area contributed by atoms with Crippen LogP contribution in [0.15, 0.2) is 60.8 Å². The van der Waals surface area contributed by atoms with Gasteiger partial charge in [-0.3, -0.25) is 14.7 Å². The third kappa shape index (κ3) is 5.90. The molecule has 1 fully saturated rings. The molecule has 3 heterocycles. The number of aromatic nitrogens is 3. The fraction of sp³-hybridized carbons (Fsp3) is 0.353. The number of nitriles is 2. The van der Waals surface area contributed by atoms with Gasteiger partial charge in [0.15, 0.2) is 5.54 Å². The molecule has 1 aliphatic carbocycles. The largest absolute Gasteiger partial charge is 0.413 e. The number of pyridine rings is 1. The van der Waals surface area contributed by atoms with Crippen LogP contribution in [0.1, 0.15) is 61.9 Å². The van der Waals surface area contributed by atoms with Gasteiger partial charge in [0, 0.05) is 48.8 Å². The van der Waals surface area contributed by atoms with E-state index in [0.717, 1.165) is 27.3 Å². The van der Waals surface area contributed by atoms with Gasteiger partial charge >= 0.3 is 6.18 Å². The van der Waals surface area contributed by atoms with Crippen molar-refractivity contribution in [1.82, 2.24) is 30.7 Å². The average Bonchev–Trinajstić information content (AvgIpc) is 3.51. The number of aryl methyl sites for hydroxylation is 1. The van der Waals surface area contributed by atoms with E-state index in [1.807, 2.05) is 44.4 Å². The summed E-state index contributed by atoms with van der Waals surface area (Å²) in [6, 6.07) is 13.0. The first-order chi connectivity index (χ1) is 22.2. The number of rotatable bonds is 8. The minimum atomic E-state index is -4.42. The Kier molecular flexibility index (Phi) is 7.77. The van der Waals surface area contributed by atoms with Gasteiger partial charge < -0.3 is 16.1 Å². The highest BCUT2D eigenvalue weighted by Crippen LogP contribution is 2.54. The molecule has 4 aromatic rings. The number of hydrazine groups is 2. The fourth-order valence-electron chi connectivity index (χ4n) is 5.91. The van der Waals surface area contributed by atoms with Gasteiger partial charge in [-0.05, 0) is 54.0 Å². The molecule has 1 atom stereocenters. The van der Waals surface area contributed by atoms with Crippen LogP contribution < -0.4 is 21.6 Å². The van der Waals surface area contributed by atoms with E-state index in [9.17, 15) is 23.7 Å². The fourth-order valence-corrected chi connectivity index (χ4v) is 5.91. The van der Waals surface area contributed by atoms with Gasteiger partial charge in [0.25, 0.3) is 0 Å². The first kappa shape index (κ1) is 31.7. The maximum absolute atomic E-state index is 14.1. The molecule has 0 radical (unpaired) electrons. The van der Waals surface area contributed by atoms with Crippen LogP contribution in [0, 0.1) is 35.0 Å². The third-order valence-corrected chi connectivity index (χ3v) is 8.63. The summed E-state index contributed by atoms with van der Waals surface area (Å²) in [5.41, 5.74) is 9.77. The second kappa shape index (κ2) is 11.5. The Morgan fingerprint density at radius 2 is 1.83 bits per heavy atom. The zero-order valence-electron chi connectivity index (χ0n) is 26.7. The van der Waals surface area contributed by atoms with Crippen molar-refractivity contribution < 1.29 is 13.2 Å². The monoisotopic (exact) mass is 640 g/mol. The highest BCUT2D eigenvalue weighted by Gasteiger charge is 2.67. The molecule has 4 N–H and O–H groups in total. The number of anilines is 2. The van der Waals surface area contributed by atoms with Crippen LogP contribution in [0.3, 0.4) is 0 Å². The summed E-state index contributed by atoms with van der Waals surface area (Å²) in [6.07, 6.45) is 2.13. The quantitative estimate of drug-likeness (QED) is 0.169. The molecule has 0 unspecified atom stereocenters. The standard InChI is InChI=1S/C34H35F3N10/c1-20-25(23-16-42-46(5)17-23)7-6-8-26(20)31(28-18-47(45-44-28)33(9-10-33)34(35,36)37)43-24-11-21(13-38)29-27(12-24)30(22(14-39)15-40-29)41-19-32(2,3)4/h6-8,11-12,15-18,31,43-45H,9-10,19H2,1-5H3,(H,40,41)/t31-/m0/s1. The normalized spacial score (nSPS) is 16.2. The second-order valence-electron chi connectivity index (χ2n) is 13.3. The number of fused-ring (bicyclic) bond motifs is 1. The van der Waals surface area contributed by atoms with Crippen LogP contribution in [-0.2, 0) is 7.05 Å². The van der Waals surface area contributed by atoms with Crippen molar-refractivity contribution >= 4 is 22.3 Å². The molecule has 1 aliphatic heterocycles. The summed E-state index contributed by atoms with van der Waals surface area (Å²) < 4.78 is 44.0. The number of hydrogen-bond donors (Lipinski definition) is 4. The Labute approximate surface area is 270 Å². The average molecular weight is 641 g/mol. The van der Waals surface area contributed by atoms with E-state index in [1.165, 1.54) is 12.4 Å². The number of nitrogens with one attached hydrogen (secondary N) is 4. The van der Waals surface area contributed by atoms with Crippen molar-refractivity contribution in [2.45, 2.75) is 58.3 Å². The molecule has 13 heteroatoms. The lowest BCUT2D eigenvalue weighted by molar-refractivity contribution is -0.195. The topological polar surface area (TPSA) is 130 Å². The van der Waals surface area contributed by atoms with Crippen LogP contribution >= 0.6 is 0 Å². The lowest BCUT2D eigenvalue weighted by Gasteiger charge is -2.28. The first-order valence-corrected chi connectivity index (χ1v) is 15.2. The van der Waals surface area contributed by atoms with Crippen molar-refractivity contribution in [3.05, 3.63) is 83.1 Å². The van der Waals surface area contributed by atoms with E-state index in [-0.39, 0.29) is 23.8 Å². The maximum atomic E-state index is 14.1. The van der Waals surface area contributed by atoms with Crippen molar-refractivity contribution in [2.75, 3.05) is 17.2 Å². The van der Waals surface area contributed by atoms with Crippen molar-refractivity contribution in [2.24, 2.45) is 12.5 Å². The highest BCUT2D eigenvalue weighted by atomic mass is 19.4. The molecule has 2 aromatic heterocycles. The molecule has 47 heavy (non-hydrogen) atoms. The van der Waals surface area contributed by atoms with Crippen molar-refractivity contribution in [3.63, 3.8) is 0 Å². The van der Waals surface area contributed by atoms with Gasteiger partial charge in [0.05, 0.1) is 40.3 Å². The molecule has 2 aromatic carbocycles. The van der Waals surface area contributed by atoms with Crippen LogP contribution in [0.5, 0.6) is 0 Å². The molecular formula is C34H35F3N10. The van der Waals surface area contributed by atoms with Crippen LogP contribution in [0.25, 0.3) is 22.0 Å². The predicted octanol–water partition coefficient (Wildman–Crippen LogP) is 6.56. The van der Waals surface area contributed by atoms with E-state index in [4.69, 9.17) is 0 Å². The molecule has 0 spiro atoms. The Bertz CT molecular complexity index is 1970. The van der Waals surface area contributed by atoms with E-state index in [0.29, 0.717) is 40.1 Å². The first-order valence-electron chi connectivity index (χ1n) is 15.2. The van der Waals surface area contributed by atoms with Gasteiger partial charge in [-0.2, -0.15) is 28.8 Å². The molecule has 1 saturated carbocycles. The Morgan fingerprint density at radius 3 is 2.45 bits per heavy atom. The van der Waals surface area contributed by atoms with Gasteiger partial charge in [-0.25, -0.2) is 0 Å². The second-order valence-corrected chi connectivity index (χ2v) is 13.3. The molecule has 2 aliphatic rings. The van der Waals surface area contributed by atoms with Gasteiger partial charge in [-0.15, -0.1) is 5.53 Å². The molecule has 6 rings (SSSR count). The molecule has 242 valence electrons. The highest BCUT2D eigenvalue weighted by molar-refractivity contribution is 5.99. The SMILES string of the molecule is Cc1c(-c2cnn(C)c2)cccc1[C@H](Nc1cc(C#N)c2ncc(C#N)c(NCC(C)(C)C)c2c1)C1=CN(C2(C(F)(F)F)CC2)NN1. The molecule has 0 bridgehead atoms. The zero-order chi connectivity index (χ0) is 33.7. The summed E-state index contributed by atoms with van der Waals surface area (Å²) in [5.74, 6) is 0. The molecule has 0 amide bonds. The summed E-state index contributed by atoms with van der Waals surface area (Å²) in [5, 5.41) is 33.0. The van der Waals surface area contributed by atoms with Crippen LogP contribution in [0.4, 0.5) is 24.5 Å². The molecule has 10 nitrogen and oxygen atoms in total. The van der Waals surface area contributed by atoms with Crippen LogP contribution in [0.2, 0.25) is 0 Å². The lowest BCUT2D eigenvalue weighted by atomic mass is 9.92. The summed E-state index contributed by atoms with van der Waals surface area (Å²) in [7, 11) is 1.83. The summed E-state index contributed by atoms with van der Waals surface area (Å²) >= 11 is 0. The van der Waals surface area contributed by atoms with E-state index in [2.05, 4.69) is 64.6 Å². The van der Waals surface area contributed by atoms with E-state index < -0.39 is 17.8 Å². The number of nitrogens with zero attached hydrogens (tertiary/aromatic N) is 6. The smallest absolute Gasteiger partial charge is 0.383 e. The minimum Gasteiger partial charge on any atom is -0.383 e. The number of hydrogen-bond acceptors (Lipinski definition) is 9. The van der Waals surface area contributed by atoms with Crippen molar-refractivity contribution in [1.29, 1.82) is 10.5 Å². The van der Waals surface area contributed by atoms with Gasteiger partial charge in [0.1, 0.15) is 12.1 Å². The summed E-state index contributed by atoms with van der Waals surface area (Å²) in [6.45, 7) is 8.73. The Morgan fingerprint density at radius 1 is 1.09 bits per heavy atom. The van der Waals surface area contributed by atoms with E-state index >= 15 is 0 Å². The maximum Gasteiger partial charge on any atom is 0.413 e.